The highest BCUT2D eigenvalue weighted by molar-refractivity contribution is 6.30. The van der Waals surface area contributed by atoms with E-state index in [1.165, 1.54) is 30.6 Å². The van der Waals surface area contributed by atoms with Crippen molar-refractivity contribution in [3.8, 4) is 0 Å². The third kappa shape index (κ3) is 2.00. The summed E-state index contributed by atoms with van der Waals surface area (Å²) in [6.07, 6.45) is 1.93. The van der Waals surface area contributed by atoms with Crippen LogP contribution in [0.15, 0.2) is 30.6 Å². The second kappa shape index (κ2) is 4.00. The van der Waals surface area contributed by atoms with Crippen molar-refractivity contribution < 1.29 is 9.50 Å². The smallest absolute Gasteiger partial charge is 0.130 e. The van der Waals surface area contributed by atoms with Crippen molar-refractivity contribution in [2.24, 2.45) is 0 Å². The monoisotopic (exact) mass is 226 g/mol. The first-order valence-corrected chi connectivity index (χ1v) is 4.68. The molecule has 1 heterocycles. The summed E-state index contributed by atoms with van der Waals surface area (Å²) in [5.74, 6) is -0.531. The highest BCUT2D eigenvalue weighted by Gasteiger charge is 2.15. The van der Waals surface area contributed by atoms with Crippen molar-refractivity contribution >= 4 is 11.6 Å². The molecule has 3 nitrogen and oxygen atoms in total. The van der Waals surface area contributed by atoms with E-state index in [9.17, 15) is 9.50 Å². The van der Waals surface area contributed by atoms with Crippen molar-refractivity contribution in [2.45, 2.75) is 6.10 Å². The maximum Gasteiger partial charge on any atom is 0.130 e. The molecule has 1 atom stereocenters. The Kier molecular flexibility index (Phi) is 2.70. The minimum Gasteiger partial charge on any atom is -0.383 e. The zero-order valence-corrected chi connectivity index (χ0v) is 8.37. The number of halogens is 2. The summed E-state index contributed by atoms with van der Waals surface area (Å²) in [5.41, 5.74) is 0.692. The number of aromatic amines is 1. The summed E-state index contributed by atoms with van der Waals surface area (Å²) >= 11 is 5.61. The molecule has 1 unspecified atom stereocenters. The van der Waals surface area contributed by atoms with E-state index in [4.69, 9.17) is 11.6 Å². The molecule has 1 aromatic heterocycles. The van der Waals surface area contributed by atoms with E-state index in [1.807, 2.05) is 0 Å². The Bertz CT molecular complexity index is 458. The quantitative estimate of drug-likeness (QED) is 0.826. The van der Waals surface area contributed by atoms with Crippen LogP contribution in [0.5, 0.6) is 0 Å². The summed E-state index contributed by atoms with van der Waals surface area (Å²) in [4.78, 5) is 0. The van der Waals surface area contributed by atoms with E-state index in [0.29, 0.717) is 10.6 Å². The predicted octanol–water partition coefficient (Wildman–Crippen LogP) is 2.28. The third-order valence-corrected chi connectivity index (χ3v) is 2.33. The van der Waals surface area contributed by atoms with Crippen molar-refractivity contribution in [3.63, 3.8) is 0 Å². The number of hydrogen-bond donors (Lipinski definition) is 2. The van der Waals surface area contributed by atoms with Crippen LogP contribution in [0.25, 0.3) is 0 Å². The fourth-order valence-electron chi connectivity index (χ4n) is 1.31. The Morgan fingerprint density at radius 1 is 1.47 bits per heavy atom. The van der Waals surface area contributed by atoms with Gasteiger partial charge in [-0.1, -0.05) is 17.7 Å². The van der Waals surface area contributed by atoms with Gasteiger partial charge in [-0.2, -0.15) is 5.10 Å². The molecule has 2 N–H and O–H groups in total. The highest BCUT2D eigenvalue weighted by Crippen LogP contribution is 2.25. The molecule has 0 bridgehead atoms. The van der Waals surface area contributed by atoms with Gasteiger partial charge in [-0.3, -0.25) is 5.10 Å². The van der Waals surface area contributed by atoms with Crippen LogP contribution in [0, 0.1) is 5.82 Å². The van der Waals surface area contributed by atoms with Gasteiger partial charge in [0.1, 0.15) is 11.9 Å². The minimum absolute atomic E-state index is 0.181. The molecule has 0 amide bonds. The number of rotatable bonds is 2. The van der Waals surface area contributed by atoms with Gasteiger partial charge in [0.2, 0.25) is 0 Å². The number of nitrogens with one attached hydrogen (secondary N) is 1. The summed E-state index contributed by atoms with van der Waals surface area (Å²) < 4.78 is 13.4. The Morgan fingerprint density at radius 2 is 2.27 bits per heavy atom. The molecule has 0 aliphatic heterocycles. The fourth-order valence-corrected chi connectivity index (χ4v) is 1.47. The molecule has 0 fully saturated rings. The van der Waals surface area contributed by atoms with Crippen LogP contribution < -0.4 is 0 Å². The van der Waals surface area contributed by atoms with Gasteiger partial charge < -0.3 is 5.11 Å². The van der Waals surface area contributed by atoms with Crippen LogP contribution in [0.1, 0.15) is 17.2 Å². The summed E-state index contributed by atoms with van der Waals surface area (Å²) in [7, 11) is 0. The van der Waals surface area contributed by atoms with E-state index in [2.05, 4.69) is 10.2 Å². The minimum atomic E-state index is -1.03. The maximum absolute atomic E-state index is 13.4. The summed E-state index contributed by atoms with van der Waals surface area (Å²) in [6, 6.07) is 4.15. The number of aliphatic hydroxyl groups is 1. The molecule has 0 radical (unpaired) electrons. The lowest BCUT2D eigenvalue weighted by molar-refractivity contribution is 0.215. The first-order valence-electron chi connectivity index (χ1n) is 4.30. The largest absolute Gasteiger partial charge is 0.383 e. The van der Waals surface area contributed by atoms with Gasteiger partial charge in [0, 0.05) is 22.3 Å². The Balaban J connectivity index is 2.38. The van der Waals surface area contributed by atoms with E-state index in [1.54, 1.807) is 0 Å². The second-order valence-corrected chi connectivity index (χ2v) is 3.54. The lowest BCUT2D eigenvalue weighted by Crippen LogP contribution is -2.01. The van der Waals surface area contributed by atoms with Gasteiger partial charge in [0.25, 0.3) is 0 Å². The molecule has 5 heteroatoms. The third-order valence-electron chi connectivity index (χ3n) is 2.09. The molecule has 2 aromatic rings. The Hall–Kier alpha value is -1.39. The number of nitrogens with zero attached hydrogens (tertiary/aromatic N) is 1. The van der Waals surface area contributed by atoms with E-state index < -0.39 is 11.9 Å². The predicted molar refractivity (Wildman–Crippen MR) is 54.1 cm³/mol. The topological polar surface area (TPSA) is 48.9 Å². The van der Waals surface area contributed by atoms with Gasteiger partial charge in [0.05, 0.1) is 6.20 Å². The van der Waals surface area contributed by atoms with Crippen molar-refractivity contribution in [2.75, 3.05) is 0 Å². The van der Waals surface area contributed by atoms with E-state index >= 15 is 0 Å². The average molecular weight is 227 g/mol. The standard InChI is InChI=1S/C10H8ClFN2O/c11-7-1-2-8(9(12)3-7)10(15)6-4-13-14-5-6/h1-5,10,15H,(H,13,14). The Morgan fingerprint density at radius 3 is 2.87 bits per heavy atom. The van der Waals surface area contributed by atoms with Crippen molar-refractivity contribution in [1.29, 1.82) is 0 Å². The Labute approximate surface area is 90.5 Å². The van der Waals surface area contributed by atoms with Crippen LogP contribution in [-0.4, -0.2) is 15.3 Å². The van der Waals surface area contributed by atoms with Gasteiger partial charge >= 0.3 is 0 Å². The summed E-state index contributed by atoms with van der Waals surface area (Å²) in [5, 5.41) is 16.3. The maximum atomic E-state index is 13.4. The van der Waals surface area contributed by atoms with E-state index in [-0.39, 0.29) is 5.56 Å². The zero-order chi connectivity index (χ0) is 10.8. The highest BCUT2D eigenvalue weighted by atomic mass is 35.5. The summed E-state index contributed by atoms with van der Waals surface area (Å²) in [6.45, 7) is 0. The van der Waals surface area contributed by atoms with Gasteiger partial charge in [0.15, 0.2) is 0 Å². The van der Waals surface area contributed by atoms with Crippen LogP contribution in [-0.2, 0) is 0 Å². The zero-order valence-electron chi connectivity index (χ0n) is 7.61. The molecule has 1 aromatic carbocycles. The molecule has 0 aliphatic carbocycles. The number of hydrogen-bond acceptors (Lipinski definition) is 2. The van der Waals surface area contributed by atoms with Crippen LogP contribution in [0.3, 0.4) is 0 Å². The normalized spacial score (nSPS) is 12.7. The van der Waals surface area contributed by atoms with Crippen molar-refractivity contribution in [1.82, 2.24) is 10.2 Å². The SMILES string of the molecule is OC(c1cn[nH]c1)c1ccc(Cl)cc1F. The molecular formula is C10H8ClFN2O. The molecule has 78 valence electrons. The molecular weight excluding hydrogens is 219 g/mol. The number of H-pyrrole nitrogens is 1. The lowest BCUT2D eigenvalue weighted by atomic mass is 10.0. The van der Waals surface area contributed by atoms with Gasteiger partial charge in [-0.15, -0.1) is 0 Å². The molecule has 0 saturated heterocycles. The fraction of sp³-hybridized carbons (Fsp3) is 0.100. The van der Waals surface area contributed by atoms with Crippen LogP contribution in [0.2, 0.25) is 5.02 Å². The average Bonchev–Trinajstić information content (AvgIpc) is 2.69. The number of aromatic nitrogens is 2. The lowest BCUT2D eigenvalue weighted by Gasteiger charge is -2.09. The van der Waals surface area contributed by atoms with Crippen molar-refractivity contribution in [3.05, 3.63) is 52.6 Å². The first kappa shape index (κ1) is 10.1. The van der Waals surface area contributed by atoms with Gasteiger partial charge in [-0.25, -0.2) is 4.39 Å². The first-order chi connectivity index (χ1) is 7.18. The number of aliphatic hydroxyl groups excluding tert-OH is 1. The molecule has 2 rings (SSSR count). The second-order valence-electron chi connectivity index (χ2n) is 3.10. The van der Waals surface area contributed by atoms with Crippen LogP contribution in [0.4, 0.5) is 4.39 Å². The van der Waals surface area contributed by atoms with Gasteiger partial charge in [-0.05, 0) is 12.1 Å². The molecule has 15 heavy (non-hydrogen) atoms. The molecule has 0 aliphatic rings. The molecule has 0 saturated carbocycles. The van der Waals surface area contributed by atoms with E-state index in [0.717, 1.165) is 0 Å². The molecule has 0 spiro atoms. The van der Waals surface area contributed by atoms with Crippen LogP contribution >= 0.6 is 11.6 Å². The number of benzene rings is 1.